The summed E-state index contributed by atoms with van der Waals surface area (Å²) < 4.78 is 0. The van der Waals surface area contributed by atoms with Gasteiger partial charge in [0.05, 0.1) is 12.4 Å². The van der Waals surface area contributed by atoms with Crippen molar-refractivity contribution in [2.24, 2.45) is 0 Å². The highest BCUT2D eigenvalue weighted by molar-refractivity contribution is 5.92. The average molecular weight is 249 g/mol. The quantitative estimate of drug-likeness (QED) is 0.808. The number of anilines is 1. The van der Waals surface area contributed by atoms with E-state index in [1.54, 1.807) is 13.2 Å². The van der Waals surface area contributed by atoms with Gasteiger partial charge >= 0.3 is 0 Å². The number of likely N-dealkylation sites (tertiary alicyclic amines) is 1. The minimum atomic E-state index is -0.148. The van der Waals surface area contributed by atoms with Crippen LogP contribution in [0.4, 0.5) is 5.82 Å². The maximum absolute atomic E-state index is 12.0. The molecule has 6 heteroatoms. The summed E-state index contributed by atoms with van der Waals surface area (Å²) in [4.78, 5) is 22.4. The topological polar surface area (TPSA) is 70.2 Å². The van der Waals surface area contributed by atoms with Crippen LogP contribution in [-0.4, -0.2) is 54.0 Å². The maximum atomic E-state index is 12.0. The molecule has 1 aromatic rings. The van der Waals surface area contributed by atoms with Gasteiger partial charge in [-0.1, -0.05) is 0 Å². The van der Waals surface area contributed by atoms with Gasteiger partial charge in [0, 0.05) is 19.6 Å². The van der Waals surface area contributed by atoms with Gasteiger partial charge in [0.1, 0.15) is 11.5 Å². The first-order valence-corrected chi connectivity index (χ1v) is 6.18. The number of amides is 1. The number of carbonyl (C=O) groups excluding carboxylic acids is 1. The van der Waals surface area contributed by atoms with Crippen LogP contribution in [0.15, 0.2) is 12.4 Å². The first-order valence-electron chi connectivity index (χ1n) is 6.18. The molecular formula is C12H19N5O. The van der Waals surface area contributed by atoms with Crippen molar-refractivity contribution in [1.29, 1.82) is 0 Å². The number of hydrogen-bond acceptors (Lipinski definition) is 5. The van der Waals surface area contributed by atoms with Crippen molar-refractivity contribution in [3.05, 3.63) is 18.1 Å². The zero-order chi connectivity index (χ0) is 13.0. The SMILES string of the molecule is CNc1cnc(C(=O)NC2CCCN(C)C2)cn1. The van der Waals surface area contributed by atoms with Crippen LogP contribution in [0.2, 0.25) is 0 Å². The number of carbonyl (C=O) groups is 1. The van der Waals surface area contributed by atoms with Gasteiger partial charge in [0.15, 0.2) is 0 Å². The van der Waals surface area contributed by atoms with Crippen molar-refractivity contribution in [2.75, 3.05) is 32.5 Å². The molecule has 1 fully saturated rings. The highest BCUT2D eigenvalue weighted by Crippen LogP contribution is 2.08. The van der Waals surface area contributed by atoms with E-state index in [2.05, 4.69) is 32.5 Å². The van der Waals surface area contributed by atoms with E-state index < -0.39 is 0 Å². The molecule has 1 aliphatic rings. The van der Waals surface area contributed by atoms with E-state index in [4.69, 9.17) is 0 Å². The molecule has 2 N–H and O–H groups in total. The molecular weight excluding hydrogens is 230 g/mol. The number of aromatic nitrogens is 2. The predicted molar refractivity (Wildman–Crippen MR) is 69.6 cm³/mol. The fraction of sp³-hybridized carbons (Fsp3) is 0.583. The molecule has 6 nitrogen and oxygen atoms in total. The van der Waals surface area contributed by atoms with Crippen molar-refractivity contribution in [2.45, 2.75) is 18.9 Å². The molecule has 18 heavy (non-hydrogen) atoms. The second kappa shape index (κ2) is 5.77. The molecule has 2 heterocycles. The Bertz CT molecular complexity index is 405. The lowest BCUT2D eigenvalue weighted by molar-refractivity contribution is 0.0907. The Balaban J connectivity index is 1.94. The largest absolute Gasteiger partial charge is 0.372 e. The van der Waals surface area contributed by atoms with Gasteiger partial charge in [-0.05, 0) is 26.4 Å². The van der Waals surface area contributed by atoms with Crippen molar-refractivity contribution in [3.63, 3.8) is 0 Å². The van der Waals surface area contributed by atoms with Crippen molar-refractivity contribution in [3.8, 4) is 0 Å². The van der Waals surface area contributed by atoms with Crippen LogP contribution in [0, 0.1) is 0 Å². The van der Waals surface area contributed by atoms with Crippen molar-refractivity contribution < 1.29 is 4.79 Å². The Kier molecular flexibility index (Phi) is 4.09. The first kappa shape index (κ1) is 12.8. The van der Waals surface area contributed by atoms with Crippen molar-refractivity contribution in [1.82, 2.24) is 20.2 Å². The first-order chi connectivity index (χ1) is 8.69. The van der Waals surface area contributed by atoms with Crippen LogP contribution in [0.3, 0.4) is 0 Å². The maximum Gasteiger partial charge on any atom is 0.271 e. The molecule has 0 aromatic carbocycles. The monoisotopic (exact) mass is 249 g/mol. The Labute approximate surface area is 107 Å². The third-order valence-electron chi connectivity index (χ3n) is 3.10. The third-order valence-corrected chi connectivity index (χ3v) is 3.10. The molecule has 1 aromatic heterocycles. The number of piperidine rings is 1. The Morgan fingerprint density at radius 1 is 1.44 bits per heavy atom. The van der Waals surface area contributed by atoms with E-state index in [0.29, 0.717) is 11.5 Å². The van der Waals surface area contributed by atoms with Crippen LogP contribution < -0.4 is 10.6 Å². The third kappa shape index (κ3) is 3.16. The molecule has 98 valence electrons. The summed E-state index contributed by atoms with van der Waals surface area (Å²) in [6.45, 7) is 2.00. The molecule has 1 atom stereocenters. The molecule has 1 saturated heterocycles. The van der Waals surface area contributed by atoms with Gasteiger partial charge in [0.2, 0.25) is 0 Å². The predicted octanol–water partition coefficient (Wildman–Crippen LogP) is 0.342. The zero-order valence-corrected chi connectivity index (χ0v) is 10.8. The van der Waals surface area contributed by atoms with Gasteiger partial charge in [-0.25, -0.2) is 9.97 Å². The van der Waals surface area contributed by atoms with Crippen LogP contribution in [-0.2, 0) is 0 Å². The van der Waals surface area contributed by atoms with E-state index in [0.717, 1.165) is 25.9 Å². The minimum absolute atomic E-state index is 0.148. The van der Waals surface area contributed by atoms with Gasteiger partial charge < -0.3 is 15.5 Å². The molecule has 1 amide bonds. The molecule has 1 aliphatic heterocycles. The van der Waals surface area contributed by atoms with Crippen LogP contribution in [0.1, 0.15) is 23.3 Å². The van der Waals surface area contributed by atoms with Crippen molar-refractivity contribution >= 4 is 11.7 Å². The summed E-state index contributed by atoms with van der Waals surface area (Å²) in [5.74, 6) is 0.509. The minimum Gasteiger partial charge on any atom is -0.372 e. The highest BCUT2D eigenvalue weighted by atomic mass is 16.1. The Hall–Kier alpha value is -1.69. The normalized spacial score (nSPS) is 20.4. The Morgan fingerprint density at radius 2 is 2.28 bits per heavy atom. The lowest BCUT2D eigenvalue weighted by atomic mass is 10.1. The molecule has 1 unspecified atom stereocenters. The summed E-state index contributed by atoms with van der Waals surface area (Å²) in [7, 11) is 3.83. The smallest absolute Gasteiger partial charge is 0.271 e. The molecule has 0 aliphatic carbocycles. The second-order valence-corrected chi connectivity index (χ2v) is 4.61. The second-order valence-electron chi connectivity index (χ2n) is 4.61. The summed E-state index contributed by atoms with van der Waals surface area (Å²) in [6.07, 6.45) is 5.19. The molecule has 0 radical (unpaired) electrons. The average Bonchev–Trinajstić information content (AvgIpc) is 2.39. The van der Waals surface area contributed by atoms with Gasteiger partial charge in [-0.3, -0.25) is 4.79 Å². The number of hydrogen-bond donors (Lipinski definition) is 2. The lowest BCUT2D eigenvalue weighted by Crippen LogP contribution is -2.46. The van der Waals surface area contributed by atoms with Gasteiger partial charge in [-0.15, -0.1) is 0 Å². The van der Waals surface area contributed by atoms with E-state index in [9.17, 15) is 4.79 Å². The molecule has 0 saturated carbocycles. The summed E-state index contributed by atoms with van der Waals surface area (Å²) in [5.41, 5.74) is 0.363. The zero-order valence-electron chi connectivity index (χ0n) is 10.8. The fourth-order valence-electron chi connectivity index (χ4n) is 2.12. The number of rotatable bonds is 3. The molecule has 0 spiro atoms. The summed E-state index contributed by atoms with van der Waals surface area (Å²) in [6, 6.07) is 0.210. The number of likely N-dealkylation sites (N-methyl/N-ethyl adjacent to an activating group) is 1. The van der Waals surface area contributed by atoms with Crippen LogP contribution in [0.5, 0.6) is 0 Å². The van der Waals surface area contributed by atoms with E-state index in [-0.39, 0.29) is 11.9 Å². The van der Waals surface area contributed by atoms with E-state index in [1.165, 1.54) is 6.20 Å². The van der Waals surface area contributed by atoms with E-state index in [1.807, 2.05) is 0 Å². The molecule has 2 rings (SSSR count). The van der Waals surface area contributed by atoms with Gasteiger partial charge in [0.25, 0.3) is 5.91 Å². The van der Waals surface area contributed by atoms with E-state index >= 15 is 0 Å². The van der Waals surface area contributed by atoms with Crippen LogP contribution >= 0.6 is 0 Å². The highest BCUT2D eigenvalue weighted by Gasteiger charge is 2.20. The van der Waals surface area contributed by atoms with Gasteiger partial charge in [-0.2, -0.15) is 0 Å². The summed E-state index contributed by atoms with van der Waals surface area (Å²) in [5, 5.41) is 5.87. The fourth-order valence-corrected chi connectivity index (χ4v) is 2.12. The lowest BCUT2D eigenvalue weighted by Gasteiger charge is -2.30. The Morgan fingerprint density at radius 3 is 2.89 bits per heavy atom. The number of nitrogens with one attached hydrogen (secondary N) is 2. The van der Waals surface area contributed by atoms with Crippen LogP contribution in [0.25, 0.3) is 0 Å². The summed E-state index contributed by atoms with van der Waals surface area (Å²) >= 11 is 0. The molecule has 0 bridgehead atoms. The number of nitrogens with zero attached hydrogens (tertiary/aromatic N) is 3. The standard InChI is InChI=1S/C12H19N5O/c1-13-11-7-14-10(6-15-11)12(18)16-9-4-3-5-17(2)8-9/h6-7,9H,3-5,8H2,1-2H3,(H,13,15)(H,16,18).